The summed E-state index contributed by atoms with van der Waals surface area (Å²) in [6, 6.07) is 1.98. The van der Waals surface area contributed by atoms with Crippen LogP contribution in [0.15, 0.2) is 12.4 Å². The van der Waals surface area contributed by atoms with E-state index in [-0.39, 0.29) is 0 Å². The summed E-state index contributed by atoms with van der Waals surface area (Å²) >= 11 is 0. The molecule has 0 aromatic carbocycles. The molecule has 0 aliphatic carbocycles. The number of hydrogen-bond donors (Lipinski definition) is 0. The predicted molar refractivity (Wildman–Crippen MR) is 44.0 cm³/mol. The zero-order valence-electron chi connectivity index (χ0n) is 7.20. The Kier molecular flexibility index (Phi) is 4.83. The lowest BCUT2D eigenvalue weighted by Gasteiger charge is -1.93. The number of nitrogens with zero attached hydrogens (tertiary/aromatic N) is 3. The van der Waals surface area contributed by atoms with Crippen LogP contribution in [0.4, 0.5) is 0 Å². The molecule has 0 spiro atoms. The van der Waals surface area contributed by atoms with E-state index in [1.807, 2.05) is 26.8 Å². The van der Waals surface area contributed by atoms with Gasteiger partial charge in [-0.1, -0.05) is 13.8 Å². The van der Waals surface area contributed by atoms with Crippen molar-refractivity contribution in [2.24, 2.45) is 0 Å². The normalized spacial score (nSPS) is 7.82. The maximum atomic E-state index is 8.41. The minimum atomic E-state index is 0.484. The lowest BCUT2D eigenvalue weighted by Crippen LogP contribution is -1.95. The first-order chi connectivity index (χ1) is 5.38. The summed E-state index contributed by atoms with van der Waals surface area (Å²) in [6.07, 6.45) is 3.42. The van der Waals surface area contributed by atoms with Gasteiger partial charge in [0.05, 0.1) is 0 Å². The third-order valence-corrected chi connectivity index (χ3v) is 1.16. The van der Waals surface area contributed by atoms with Crippen LogP contribution in [0.5, 0.6) is 0 Å². The first kappa shape index (κ1) is 9.70. The molecule has 1 rings (SSSR count). The monoisotopic (exact) mass is 151 g/mol. The molecular weight excluding hydrogens is 138 g/mol. The van der Waals surface area contributed by atoms with E-state index in [9.17, 15) is 0 Å². The van der Waals surface area contributed by atoms with E-state index in [1.54, 1.807) is 17.0 Å². The Bertz CT molecular complexity index is 232. The van der Waals surface area contributed by atoms with Crippen molar-refractivity contribution in [2.45, 2.75) is 27.3 Å². The molecule has 60 valence electrons. The SMILES string of the molecule is CC.CCn1ccnc1C#N. The standard InChI is InChI=1S/C6H7N3.C2H6/c1-2-9-4-3-8-6(9)5-7;1-2/h3-4H,2H2,1H3;1-2H3. The van der Waals surface area contributed by atoms with Crippen LogP contribution in [-0.4, -0.2) is 9.55 Å². The smallest absolute Gasteiger partial charge is 0.212 e. The van der Waals surface area contributed by atoms with Crippen molar-refractivity contribution in [3.8, 4) is 6.07 Å². The van der Waals surface area contributed by atoms with Gasteiger partial charge in [-0.05, 0) is 6.92 Å². The van der Waals surface area contributed by atoms with Crippen molar-refractivity contribution < 1.29 is 0 Å². The Labute approximate surface area is 67.3 Å². The lowest BCUT2D eigenvalue weighted by molar-refractivity contribution is 0.748. The summed E-state index contributed by atoms with van der Waals surface area (Å²) in [6.45, 7) is 6.78. The van der Waals surface area contributed by atoms with Crippen LogP contribution < -0.4 is 0 Å². The third-order valence-electron chi connectivity index (χ3n) is 1.16. The molecule has 11 heavy (non-hydrogen) atoms. The van der Waals surface area contributed by atoms with Crippen LogP contribution in [0, 0.1) is 11.3 Å². The Morgan fingerprint density at radius 1 is 1.64 bits per heavy atom. The van der Waals surface area contributed by atoms with Crippen molar-refractivity contribution in [2.75, 3.05) is 0 Å². The van der Waals surface area contributed by atoms with Gasteiger partial charge >= 0.3 is 0 Å². The van der Waals surface area contributed by atoms with Crippen LogP contribution in [0.3, 0.4) is 0 Å². The Hall–Kier alpha value is -1.30. The van der Waals surface area contributed by atoms with E-state index in [0.717, 1.165) is 6.54 Å². The van der Waals surface area contributed by atoms with Crippen LogP contribution in [0.2, 0.25) is 0 Å². The fourth-order valence-corrected chi connectivity index (χ4v) is 0.677. The molecule has 0 N–H and O–H groups in total. The molecule has 0 fully saturated rings. The highest BCUT2D eigenvalue weighted by Crippen LogP contribution is 1.92. The molecule has 3 heteroatoms. The van der Waals surface area contributed by atoms with Crippen molar-refractivity contribution in [1.29, 1.82) is 5.26 Å². The zero-order valence-corrected chi connectivity index (χ0v) is 7.20. The number of hydrogen-bond acceptors (Lipinski definition) is 2. The topological polar surface area (TPSA) is 41.6 Å². The lowest BCUT2D eigenvalue weighted by atomic mass is 10.6. The number of imidazole rings is 1. The Morgan fingerprint density at radius 3 is 2.64 bits per heavy atom. The van der Waals surface area contributed by atoms with Gasteiger partial charge in [-0.2, -0.15) is 5.26 Å². The van der Waals surface area contributed by atoms with Crippen LogP contribution in [-0.2, 0) is 6.54 Å². The summed E-state index contributed by atoms with van der Waals surface area (Å²) in [5.41, 5.74) is 0. The van der Waals surface area contributed by atoms with E-state index >= 15 is 0 Å². The van der Waals surface area contributed by atoms with Crippen molar-refractivity contribution in [3.63, 3.8) is 0 Å². The van der Waals surface area contributed by atoms with Crippen LogP contribution in [0.25, 0.3) is 0 Å². The minimum Gasteiger partial charge on any atom is -0.323 e. The van der Waals surface area contributed by atoms with Gasteiger partial charge in [0.2, 0.25) is 5.82 Å². The van der Waals surface area contributed by atoms with Gasteiger partial charge in [0, 0.05) is 18.9 Å². The summed E-state index contributed by atoms with van der Waals surface area (Å²) in [5.74, 6) is 0.484. The summed E-state index contributed by atoms with van der Waals surface area (Å²) < 4.78 is 1.79. The fraction of sp³-hybridized carbons (Fsp3) is 0.500. The second kappa shape index (κ2) is 5.48. The second-order valence-electron chi connectivity index (χ2n) is 1.65. The highest BCUT2D eigenvalue weighted by atomic mass is 15.0. The number of aromatic nitrogens is 2. The van der Waals surface area contributed by atoms with Gasteiger partial charge < -0.3 is 4.57 Å². The maximum Gasteiger partial charge on any atom is 0.212 e. The molecule has 0 amide bonds. The molecule has 0 aliphatic rings. The third kappa shape index (κ3) is 2.42. The molecule has 0 bridgehead atoms. The van der Waals surface area contributed by atoms with E-state index < -0.39 is 0 Å². The maximum absolute atomic E-state index is 8.41. The largest absolute Gasteiger partial charge is 0.323 e. The van der Waals surface area contributed by atoms with Gasteiger partial charge in [0.1, 0.15) is 6.07 Å². The minimum absolute atomic E-state index is 0.484. The van der Waals surface area contributed by atoms with Gasteiger partial charge in [-0.25, -0.2) is 4.98 Å². The zero-order chi connectivity index (χ0) is 8.69. The molecule has 3 nitrogen and oxygen atoms in total. The van der Waals surface area contributed by atoms with Gasteiger partial charge in [0.15, 0.2) is 0 Å². The first-order valence-electron chi connectivity index (χ1n) is 3.79. The molecule has 0 unspecified atom stereocenters. The molecule has 1 aromatic heterocycles. The van der Waals surface area contributed by atoms with Crippen molar-refractivity contribution in [1.82, 2.24) is 9.55 Å². The average molecular weight is 151 g/mol. The second-order valence-corrected chi connectivity index (χ2v) is 1.65. The molecule has 0 atom stereocenters. The van der Waals surface area contributed by atoms with Crippen LogP contribution in [0.1, 0.15) is 26.6 Å². The van der Waals surface area contributed by atoms with E-state index in [0.29, 0.717) is 5.82 Å². The summed E-state index contributed by atoms with van der Waals surface area (Å²) in [4.78, 5) is 3.81. The summed E-state index contributed by atoms with van der Waals surface area (Å²) in [5, 5.41) is 8.41. The highest BCUT2D eigenvalue weighted by molar-refractivity contribution is 5.10. The molecule has 0 radical (unpaired) electrons. The van der Waals surface area contributed by atoms with Gasteiger partial charge in [-0.15, -0.1) is 0 Å². The van der Waals surface area contributed by atoms with Gasteiger partial charge in [0.25, 0.3) is 0 Å². The van der Waals surface area contributed by atoms with Crippen molar-refractivity contribution >= 4 is 0 Å². The highest BCUT2D eigenvalue weighted by Gasteiger charge is 1.94. The molecule has 0 aliphatic heterocycles. The van der Waals surface area contributed by atoms with Crippen LogP contribution >= 0.6 is 0 Å². The average Bonchev–Trinajstić information content (AvgIpc) is 2.54. The van der Waals surface area contributed by atoms with E-state index in [2.05, 4.69) is 4.98 Å². The Morgan fingerprint density at radius 2 is 2.27 bits per heavy atom. The summed E-state index contributed by atoms with van der Waals surface area (Å²) in [7, 11) is 0. The molecule has 1 heterocycles. The number of aryl methyl sites for hydroxylation is 1. The van der Waals surface area contributed by atoms with E-state index in [4.69, 9.17) is 5.26 Å². The predicted octanol–water partition coefficient (Wildman–Crippen LogP) is 1.80. The number of rotatable bonds is 1. The first-order valence-corrected chi connectivity index (χ1v) is 3.79. The number of nitriles is 1. The molecular formula is C8H13N3. The van der Waals surface area contributed by atoms with Gasteiger partial charge in [-0.3, -0.25) is 0 Å². The Balaban J connectivity index is 0.000000461. The molecule has 0 saturated heterocycles. The molecule has 1 aromatic rings. The van der Waals surface area contributed by atoms with E-state index in [1.165, 1.54) is 0 Å². The fourth-order valence-electron chi connectivity index (χ4n) is 0.677. The quantitative estimate of drug-likeness (QED) is 0.614. The molecule has 0 saturated carbocycles. The van der Waals surface area contributed by atoms with Crippen molar-refractivity contribution in [3.05, 3.63) is 18.2 Å².